The predicted octanol–water partition coefficient (Wildman–Crippen LogP) is 4.80. The lowest BCUT2D eigenvalue weighted by Gasteiger charge is -2.15. The lowest BCUT2D eigenvalue weighted by molar-refractivity contribution is 0.309. The number of pyridine rings is 1. The molecule has 7 heteroatoms. The van der Waals surface area contributed by atoms with Gasteiger partial charge in [0.05, 0.1) is 22.8 Å². The second kappa shape index (κ2) is 8.44. The molecule has 0 aliphatic carbocycles. The van der Waals surface area contributed by atoms with E-state index in [0.717, 1.165) is 16.5 Å². The molecule has 0 radical (unpaired) electrons. The molecular weight excluding hydrogens is 416 g/mol. The Morgan fingerprint density at radius 1 is 1.03 bits per heavy atom. The molecule has 0 bridgehead atoms. The molecule has 2 heterocycles. The minimum absolute atomic E-state index is 0.205. The van der Waals surface area contributed by atoms with Crippen molar-refractivity contribution in [1.82, 2.24) is 14.7 Å². The first kappa shape index (κ1) is 20.2. The van der Waals surface area contributed by atoms with E-state index in [-0.39, 0.29) is 12.2 Å². The number of hydrogen-bond acceptors (Lipinski definition) is 6. The molecule has 5 rings (SSSR count). The van der Waals surface area contributed by atoms with Gasteiger partial charge in [0.15, 0.2) is 0 Å². The number of ether oxygens (including phenoxy) is 1. The highest BCUT2D eigenvalue weighted by molar-refractivity contribution is 5.86. The normalized spacial score (nSPS) is 10.8. The fourth-order valence-corrected chi connectivity index (χ4v) is 3.72. The fraction of sp³-hybridized carbons (Fsp3) is 0.0769. The third-order valence-corrected chi connectivity index (χ3v) is 5.22. The maximum atomic E-state index is 12.9. The van der Waals surface area contributed by atoms with E-state index >= 15 is 0 Å². The number of nitrogens with zero attached hydrogens (tertiary/aromatic N) is 4. The molecule has 5 aromatic rings. The van der Waals surface area contributed by atoms with Gasteiger partial charge >= 0.3 is 0 Å². The van der Waals surface area contributed by atoms with Crippen LogP contribution < -0.4 is 10.3 Å². The Kier molecular flexibility index (Phi) is 5.17. The first-order valence-electron chi connectivity index (χ1n) is 10.3. The van der Waals surface area contributed by atoms with E-state index < -0.39 is 0 Å². The van der Waals surface area contributed by atoms with Crippen LogP contribution in [0.2, 0.25) is 0 Å². The first-order valence-corrected chi connectivity index (χ1v) is 10.3. The summed E-state index contributed by atoms with van der Waals surface area (Å²) in [5, 5.41) is 14.1. The van der Waals surface area contributed by atoms with Crippen LogP contribution in [0.5, 0.6) is 5.75 Å². The molecule has 7 nitrogen and oxygen atoms in total. The number of nitriles is 1. The molecule has 0 aliphatic rings. The minimum Gasteiger partial charge on any atom is -0.487 e. The van der Waals surface area contributed by atoms with Crippen LogP contribution in [-0.2, 0) is 6.61 Å². The van der Waals surface area contributed by atoms with Gasteiger partial charge in [0.25, 0.3) is 5.56 Å². The van der Waals surface area contributed by atoms with E-state index in [1.807, 2.05) is 42.5 Å². The molecule has 0 saturated carbocycles. The van der Waals surface area contributed by atoms with E-state index in [2.05, 4.69) is 16.2 Å². The lowest BCUT2D eigenvalue weighted by Crippen LogP contribution is -2.18. The molecule has 0 amide bonds. The van der Waals surface area contributed by atoms with Crippen molar-refractivity contribution in [2.45, 2.75) is 13.5 Å². The van der Waals surface area contributed by atoms with Crippen molar-refractivity contribution in [3.8, 4) is 28.9 Å². The van der Waals surface area contributed by atoms with Gasteiger partial charge in [-0.25, -0.2) is 0 Å². The smallest absolute Gasteiger partial charge is 0.255 e. The summed E-state index contributed by atoms with van der Waals surface area (Å²) < 4.78 is 12.8. The van der Waals surface area contributed by atoms with Crippen molar-refractivity contribution in [1.29, 1.82) is 5.26 Å². The van der Waals surface area contributed by atoms with E-state index in [9.17, 15) is 10.1 Å². The molecular formula is C26H18N4O3. The van der Waals surface area contributed by atoms with Crippen LogP contribution in [0.4, 0.5) is 0 Å². The Morgan fingerprint density at radius 3 is 2.70 bits per heavy atom. The van der Waals surface area contributed by atoms with Crippen LogP contribution in [0.1, 0.15) is 17.0 Å². The summed E-state index contributed by atoms with van der Waals surface area (Å²) in [4.78, 5) is 17.1. The maximum Gasteiger partial charge on any atom is 0.255 e. The predicted molar refractivity (Wildman–Crippen MR) is 123 cm³/mol. The average molecular weight is 434 g/mol. The number of aromatic nitrogens is 3. The van der Waals surface area contributed by atoms with Crippen molar-refractivity contribution >= 4 is 10.9 Å². The zero-order chi connectivity index (χ0) is 22.8. The van der Waals surface area contributed by atoms with Gasteiger partial charge in [-0.15, -0.1) is 0 Å². The highest BCUT2D eigenvalue weighted by atomic mass is 16.5. The quantitative estimate of drug-likeness (QED) is 0.394. The van der Waals surface area contributed by atoms with Crippen molar-refractivity contribution in [3.63, 3.8) is 0 Å². The summed E-state index contributed by atoms with van der Waals surface area (Å²) in [5.41, 5.74) is 3.27. The molecule has 0 atom stereocenters. The van der Waals surface area contributed by atoms with Crippen molar-refractivity contribution < 1.29 is 9.26 Å². The standard InChI is InChI=1S/C26H18N4O3/c1-17-28-26(29-33-17)21-8-2-6-19(13-21)16-32-23-10-4-7-20-11-12-24(31)30(25(20)23)22-9-3-5-18(14-22)15-27/h2-14H,16H2,1H3. The molecule has 0 spiro atoms. The molecule has 33 heavy (non-hydrogen) atoms. The largest absolute Gasteiger partial charge is 0.487 e. The van der Waals surface area contributed by atoms with Crippen molar-refractivity contribution in [2.24, 2.45) is 0 Å². The van der Waals surface area contributed by atoms with Gasteiger partial charge in [-0.3, -0.25) is 9.36 Å². The summed E-state index contributed by atoms with van der Waals surface area (Å²) in [6, 6.07) is 25.7. The van der Waals surface area contributed by atoms with Gasteiger partial charge in [0, 0.05) is 23.9 Å². The number of aryl methyl sites for hydroxylation is 1. The fourth-order valence-electron chi connectivity index (χ4n) is 3.72. The van der Waals surface area contributed by atoms with Gasteiger partial charge in [0.2, 0.25) is 11.7 Å². The summed E-state index contributed by atoms with van der Waals surface area (Å²) >= 11 is 0. The first-order chi connectivity index (χ1) is 16.1. The van der Waals surface area contributed by atoms with E-state index in [1.165, 1.54) is 6.07 Å². The summed E-state index contributed by atoms with van der Waals surface area (Å²) in [6.07, 6.45) is 0. The Morgan fingerprint density at radius 2 is 1.88 bits per heavy atom. The Balaban J connectivity index is 1.54. The highest BCUT2D eigenvalue weighted by Crippen LogP contribution is 2.28. The third-order valence-electron chi connectivity index (χ3n) is 5.22. The second-order valence-electron chi connectivity index (χ2n) is 7.49. The SMILES string of the molecule is Cc1nc(-c2cccc(COc3cccc4ccc(=O)n(-c5cccc(C#N)c5)c34)c2)no1. The number of hydrogen-bond donors (Lipinski definition) is 0. The lowest BCUT2D eigenvalue weighted by atomic mass is 10.1. The van der Waals surface area contributed by atoms with Crippen LogP contribution in [0.25, 0.3) is 28.0 Å². The average Bonchev–Trinajstić information content (AvgIpc) is 3.29. The molecule has 2 aromatic heterocycles. The van der Waals surface area contributed by atoms with Gasteiger partial charge in [-0.2, -0.15) is 10.2 Å². The van der Waals surface area contributed by atoms with Crippen LogP contribution in [0.15, 0.2) is 88.2 Å². The number of benzene rings is 3. The molecule has 0 aliphatic heterocycles. The molecule has 0 fully saturated rings. The van der Waals surface area contributed by atoms with Crippen LogP contribution in [0.3, 0.4) is 0 Å². The van der Waals surface area contributed by atoms with Gasteiger partial charge in [-0.05, 0) is 42.0 Å². The third kappa shape index (κ3) is 3.98. The monoisotopic (exact) mass is 434 g/mol. The summed E-state index contributed by atoms with van der Waals surface area (Å²) in [7, 11) is 0. The summed E-state index contributed by atoms with van der Waals surface area (Å²) in [6.45, 7) is 2.03. The molecule has 0 N–H and O–H groups in total. The van der Waals surface area contributed by atoms with Crippen LogP contribution >= 0.6 is 0 Å². The number of para-hydroxylation sites is 1. The van der Waals surface area contributed by atoms with Crippen molar-refractivity contribution in [3.05, 3.63) is 106 Å². The second-order valence-corrected chi connectivity index (χ2v) is 7.49. The Bertz CT molecular complexity index is 1580. The number of fused-ring (bicyclic) bond motifs is 1. The zero-order valence-corrected chi connectivity index (χ0v) is 17.7. The topological polar surface area (TPSA) is 93.9 Å². The van der Waals surface area contributed by atoms with E-state index in [4.69, 9.17) is 9.26 Å². The summed E-state index contributed by atoms with van der Waals surface area (Å²) in [5.74, 6) is 1.58. The molecule has 3 aromatic carbocycles. The molecule has 160 valence electrons. The van der Waals surface area contributed by atoms with Crippen LogP contribution in [0, 0.1) is 18.3 Å². The van der Waals surface area contributed by atoms with E-state index in [1.54, 1.807) is 41.8 Å². The highest BCUT2D eigenvalue weighted by Gasteiger charge is 2.12. The molecule has 0 unspecified atom stereocenters. The van der Waals surface area contributed by atoms with Gasteiger partial charge < -0.3 is 9.26 Å². The Hall–Kier alpha value is -4.70. The van der Waals surface area contributed by atoms with Crippen molar-refractivity contribution in [2.75, 3.05) is 0 Å². The van der Waals surface area contributed by atoms with Crippen LogP contribution in [-0.4, -0.2) is 14.7 Å². The van der Waals surface area contributed by atoms with E-state index in [0.29, 0.717) is 34.2 Å². The minimum atomic E-state index is -0.205. The zero-order valence-electron chi connectivity index (χ0n) is 17.7. The molecule has 0 saturated heterocycles. The number of rotatable bonds is 5. The van der Waals surface area contributed by atoms with Gasteiger partial charge in [0.1, 0.15) is 12.4 Å². The maximum absolute atomic E-state index is 12.9. The Labute approximate surface area is 189 Å². The van der Waals surface area contributed by atoms with Gasteiger partial charge in [-0.1, -0.05) is 41.6 Å².